The Morgan fingerprint density at radius 1 is 1.18 bits per heavy atom. The van der Waals surface area contributed by atoms with E-state index in [0.717, 1.165) is 13.0 Å². The summed E-state index contributed by atoms with van der Waals surface area (Å²) in [7, 11) is 0. The third-order valence-corrected chi connectivity index (χ3v) is 3.54. The molecule has 1 aromatic carbocycles. The molecule has 0 aliphatic carbocycles. The lowest BCUT2D eigenvalue weighted by atomic mass is 10.3. The zero-order valence-corrected chi connectivity index (χ0v) is 13.8. The van der Waals surface area contributed by atoms with Crippen LogP contribution in [0.25, 0.3) is 0 Å². The third kappa shape index (κ3) is 4.32. The molecule has 0 aliphatic heterocycles. The van der Waals surface area contributed by atoms with E-state index in [1.54, 1.807) is 31.2 Å². The van der Waals surface area contributed by atoms with Gasteiger partial charge in [-0.2, -0.15) is 0 Å². The van der Waals surface area contributed by atoms with Crippen LogP contribution >= 0.6 is 23.2 Å². The number of nitrogens with one attached hydrogen (secondary N) is 2. The van der Waals surface area contributed by atoms with Crippen LogP contribution in [0.4, 0.5) is 11.5 Å². The Labute approximate surface area is 139 Å². The van der Waals surface area contributed by atoms with Crippen molar-refractivity contribution in [3.8, 4) is 0 Å². The normalized spacial score (nSPS) is 10.4. The van der Waals surface area contributed by atoms with Crippen LogP contribution in [-0.2, 0) is 0 Å². The van der Waals surface area contributed by atoms with Crippen LogP contribution in [-0.4, -0.2) is 22.4 Å². The summed E-state index contributed by atoms with van der Waals surface area (Å²) in [6, 6.07) is 6.51. The van der Waals surface area contributed by atoms with Gasteiger partial charge in [-0.05, 0) is 31.5 Å². The Kier molecular flexibility index (Phi) is 5.57. The van der Waals surface area contributed by atoms with Crippen molar-refractivity contribution in [3.63, 3.8) is 0 Å². The molecule has 0 fully saturated rings. The summed E-state index contributed by atoms with van der Waals surface area (Å²) >= 11 is 11.8. The average molecular weight is 339 g/mol. The molecule has 5 nitrogen and oxygen atoms in total. The van der Waals surface area contributed by atoms with Crippen molar-refractivity contribution in [2.45, 2.75) is 20.3 Å². The minimum absolute atomic E-state index is 0.289. The van der Waals surface area contributed by atoms with Gasteiger partial charge in [0, 0.05) is 18.3 Å². The van der Waals surface area contributed by atoms with Crippen molar-refractivity contribution in [1.29, 1.82) is 0 Å². The van der Waals surface area contributed by atoms with E-state index in [9.17, 15) is 4.79 Å². The van der Waals surface area contributed by atoms with Crippen molar-refractivity contribution >= 4 is 40.6 Å². The maximum Gasteiger partial charge on any atom is 0.274 e. The molecule has 2 N–H and O–H groups in total. The lowest BCUT2D eigenvalue weighted by molar-refractivity contribution is 0.102. The molecule has 1 heterocycles. The van der Waals surface area contributed by atoms with E-state index in [-0.39, 0.29) is 11.6 Å². The topological polar surface area (TPSA) is 66.9 Å². The summed E-state index contributed by atoms with van der Waals surface area (Å²) in [6.07, 6.45) is 0.966. The molecule has 2 aromatic rings. The van der Waals surface area contributed by atoms with Crippen LogP contribution in [0.15, 0.2) is 24.3 Å². The van der Waals surface area contributed by atoms with Gasteiger partial charge >= 0.3 is 0 Å². The smallest absolute Gasteiger partial charge is 0.274 e. The maximum atomic E-state index is 12.3. The number of carbonyl (C=O) groups is 1. The van der Waals surface area contributed by atoms with Gasteiger partial charge in [0.1, 0.15) is 17.3 Å². The van der Waals surface area contributed by atoms with E-state index in [1.165, 1.54) is 0 Å². The molecule has 0 spiro atoms. The van der Waals surface area contributed by atoms with Crippen LogP contribution in [0.3, 0.4) is 0 Å². The summed E-state index contributed by atoms with van der Waals surface area (Å²) in [4.78, 5) is 20.7. The molecule has 116 valence electrons. The number of nitrogens with zero attached hydrogens (tertiary/aromatic N) is 2. The van der Waals surface area contributed by atoms with Gasteiger partial charge in [0.2, 0.25) is 0 Å². The van der Waals surface area contributed by atoms with Crippen LogP contribution in [0, 0.1) is 6.92 Å². The number of aromatic nitrogens is 2. The molecule has 0 atom stereocenters. The SMILES string of the molecule is CCCNc1cc(C(=O)Nc2ccc(Cl)c(Cl)c2)nc(C)n1. The van der Waals surface area contributed by atoms with Crippen LogP contribution in [0.1, 0.15) is 29.7 Å². The molecule has 1 amide bonds. The first kappa shape index (κ1) is 16.5. The lowest BCUT2D eigenvalue weighted by Gasteiger charge is -2.09. The fourth-order valence-electron chi connectivity index (χ4n) is 1.80. The number of halogens is 2. The van der Waals surface area contributed by atoms with E-state index >= 15 is 0 Å². The Bertz CT molecular complexity index is 691. The first-order chi connectivity index (χ1) is 10.5. The van der Waals surface area contributed by atoms with Gasteiger partial charge in [0.25, 0.3) is 5.91 Å². The minimum Gasteiger partial charge on any atom is -0.370 e. The molecule has 0 saturated carbocycles. The number of amides is 1. The van der Waals surface area contributed by atoms with E-state index in [2.05, 4.69) is 27.5 Å². The highest BCUT2D eigenvalue weighted by molar-refractivity contribution is 6.42. The van der Waals surface area contributed by atoms with E-state index < -0.39 is 0 Å². The molecule has 7 heteroatoms. The second kappa shape index (κ2) is 7.42. The number of carbonyl (C=O) groups excluding carboxylic acids is 1. The summed E-state index contributed by atoms with van der Waals surface area (Å²) in [5.41, 5.74) is 0.843. The van der Waals surface area contributed by atoms with Gasteiger partial charge in [-0.25, -0.2) is 9.97 Å². The van der Waals surface area contributed by atoms with Crippen LogP contribution in [0.2, 0.25) is 10.0 Å². The van der Waals surface area contributed by atoms with Gasteiger partial charge in [-0.15, -0.1) is 0 Å². The quantitative estimate of drug-likeness (QED) is 0.858. The zero-order valence-electron chi connectivity index (χ0n) is 12.3. The van der Waals surface area contributed by atoms with Crippen molar-refractivity contribution < 1.29 is 4.79 Å². The van der Waals surface area contributed by atoms with E-state index in [1.807, 2.05) is 0 Å². The second-order valence-electron chi connectivity index (χ2n) is 4.70. The van der Waals surface area contributed by atoms with Crippen LogP contribution in [0.5, 0.6) is 0 Å². The highest BCUT2D eigenvalue weighted by atomic mass is 35.5. The number of hydrogen-bond acceptors (Lipinski definition) is 4. The Hall–Kier alpha value is -1.85. The third-order valence-electron chi connectivity index (χ3n) is 2.80. The van der Waals surface area contributed by atoms with Crippen molar-refractivity contribution in [3.05, 3.63) is 45.8 Å². The fraction of sp³-hybridized carbons (Fsp3) is 0.267. The second-order valence-corrected chi connectivity index (χ2v) is 5.51. The van der Waals surface area contributed by atoms with Crippen molar-refractivity contribution in [2.75, 3.05) is 17.2 Å². The monoisotopic (exact) mass is 338 g/mol. The Morgan fingerprint density at radius 2 is 1.95 bits per heavy atom. The summed E-state index contributed by atoms with van der Waals surface area (Å²) < 4.78 is 0. The predicted octanol–water partition coefficient (Wildman–Crippen LogP) is 4.17. The molecular formula is C15H16Cl2N4O. The number of rotatable bonds is 5. The van der Waals surface area contributed by atoms with Gasteiger partial charge in [0.15, 0.2) is 0 Å². The summed E-state index contributed by atoms with van der Waals surface area (Å²) in [5, 5.41) is 6.69. The van der Waals surface area contributed by atoms with E-state index in [4.69, 9.17) is 23.2 Å². The molecule has 0 bridgehead atoms. The number of hydrogen-bond donors (Lipinski definition) is 2. The molecule has 2 rings (SSSR count). The highest BCUT2D eigenvalue weighted by Gasteiger charge is 2.11. The first-order valence-electron chi connectivity index (χ1n) is 6.85. The molecule has 0 aliphatic rings. The molecule has 0 saturated heterocycles. The van der Waals surface area contributed by atoms with Crippen molar-refractivity contribution in [2.24, 2.45) is 0 Å². The molecule has 0 unspecified atom stereocenters. The highest BCUT2D eigenvalue weighted by Crippen LogP contribution is 2.25. The maximum absolute atomic E-state index is 12.3. The fourth-order valence-corrected chi connectivity index (χ4v) is 2.09. The zero-order chi connectivity index (χ0) is 16.1. The number of benzene rings is 1. The van der Waals surface area contributed by atoms with E-state index in [0.29, 0.717) is 27.4 Å². The largest absolute Gasteiger partial charge is 0.370 e. The summed E-state index contributed by atoms with van der Waals surface area (Å²) in [5.74, 6) is 0.831. The van der Waals surface area contributed by atoms with Gasteiger partial charge in [0.05, 0.1) is 10.0 Å². The van der Waals surface area contributed by atoms with Crippen LogP contribution < -0.4 is 10.6 Å². The molecule has 22 heavy (non-hydrogen) atoms. The van der Waals surface area contributed by atoms with Crippen molar-refractivity contribution in [1.82, 2.24) is 9.97 Å². The lowest BCUT2D eigenvalue weighted by Crippen LogP contribution is -2.16. The number of anilines is 2. The Morgan fingerprint density at radius 3 is 2.64 bits per heavy atom. The average Bonchev–Trinajstić information content (AvgIpc) is 2.48. The number of aryl methyl sites for hydroxylation is 1. The molecule has 1 aromatic heterocycles. The Balaban J connectivity index is 2.17. The molecular weight excluding hydrogens is 323 g/mol. The summed E-state index contributed by atoms with van der Waals surface area (Å²) in [6.45, 7) is 4.58. The van der Waals surface area contributed by atoms with Gasteiger partial charge in [-0.3, -0.25) is 4.79 Å². The first-order valence-corrected chi connectivity index (χ1v) is 7.61. The molecule has 0 radical (unpaired) electrons. The minimum atomic E-state index is -0.330. The van der Waals surface area contributed by atoms with Gasteiger partial charge in [-0.1, -0.05) is 30.1 Å². The predicted molar refractivity (Wildman–Crippen MR) is 90.0 cm³/mol. The van der Waals surface area contributed by atoms with Gasteiger partial charge < -0.3 is 10.6 Å². The standard InChI is InChI=1S/C15H16Cl2N4O/c1-3-6-18-14-8-13(19-9(2)20-14)15(22)21-10-4-5-11(16)12(17)7-10/h4-5,7-8H,3,6H2,1-2H3,(H,21,22)(H,18,19,20).